The first-order chi connectivity index (χ1) is 13.9. The minimum atomic E-state index is -4.75. The molecule has 0 radical (unpaired) electrons. The molecule has 0 saturated carbocycles. The fourth-order valence-electron chi connectivity index (χ4n) is 3.00. The number of hydrogen-bond donors (Lipinski definition) is 1. The van der Waals surface area contributed by atoms with Crippen molar-refractivity contribution in [3.63, 3.8) is 0 Å². The molecule has 1 N–H and O–H groups in total. The Labute approximate surface area is 170 Å². The summed E-state index contributed by atoms with van der Waals surface area (Å²) in [6, 6.07) is 0.769. The molecule has 166 valence electrons. The summed E-state index contributed by atoms with van der Waals surface area (Å²) in [5, 5.41) is 13.6. The molecule has 0 unspecified atom stereocenters. The number of nitrogens with zero attached hydrogens (tertiary/aromatic N) is 2. The van der Waals surface area contributed by atoms with Gasteiger partial charge in [-0.1, -0.05) is 0 Å². The molecular weight excluding hydrogens is 411 g/mol. The van der Waals surface area contributed by atoms with Crippen molar-refractivity contribution in [2.24, 2.45) is 0 Å². The van der Waals surface area contributed by atoms with Crippen LogP contribution < -0.4 is 5.32 Å². The van der Waals surface area contributed by atoms with Gasteiger partial charge in [0.25, 0.3) is 11.6 Å². The predicted molar refractivity (Wildman–Crippen MR) is 98.7 cm³/mol. The van der Waals surface area contributed by atoms with Crippen LogP contribution in [-0.2, 0) is 25.2 Å². The van der Waals surface area contributed by atoms with E-state index in [1.54, 1.807) is 0 Å². The minimum absolute atomic E-state index is 0.158. The molecule has 30 heavy (non-hydrogen) atoms. The largest absolute Gasteiger partial charge is 0.454 e. The van der Waals surface area contributed by atoms with Crippen molar-refractivity contribution in [2.75, 3.05) is 25.0 Å². The number of alkyl halides is 3. The van der Waals surface area contributed by atoms with E-state index in [4.69, 9.17) is 9.47 Å². The minimum Gasteiger partial charge on any atom is -0.454 e. The molecule has 1 saturated heterocycles. The van der Waals surface area contributed by atoms with Crippen molar-refractivity contribution in [2.45, 2.75) is 45.2 Å². The lowest BCUT2D eigenvalue weighted by molar-refractivity contribution is -0.384. The molecule has 0 bridgehead atoms. The van der Waals surface area contributed by atoms with Gasteiger partial charge >= 0.3 is 12.1 Å². The highest BCUT2D eigenvalue weighted by Crippen LogP contribution is 2.35. The number of halogens is 3. The maximum atomic E-state index is 12.8. The van der Waals surface area contributed by atoms with Gasteiger partial charge in [-0.3, -0.25) is 14.9 Å². The van der Waals surface area contributed by atoms with Gasteiger partial charge in [0.15, 0.2) is 6.61 Å². The first-order valence-corrected chi connectivity index (χ1v) is 9.10. The quantitative estimate of drug-likeness (QED) is 0.417. The number of carbonyl (C=O) groups excluding carboxylic acids is 2. The van der Waals surface area contributed by atoms with Crippen molar-refractivity contribution in [1.82, 2.24) is 4.90 Å². The smallest absolute Gasteiger partial charge is 0.416 e. The van der Waals surface area contributed by atoms with Gasteiger partial charge < -0.3 is 19.7 Å². The number of hydrogen-bond acceptors (Lipinski definition) is 7. The van der Waals surface area contributed by atoms with Gasteiger partial charge in [0.1, 0.15) is 11.7 Å². The lowest BCUT2D eigenvalue weighted by atomic mass is 10.1. The van der Waals surface area contributed by atoms with Gasteiger partial charge in [-0.25, -0.2) is 4.79 Å². The van der Waals surface area contributed by atoms with Gasteiger partial charge in [-0.15, -0.1) is 0 Å². The third-order valence-corrected chi connectivity index (χ3v) is 4.36. The Morgan fingerprint density at radius 3 is 2.47 bits per heavy atom. The molecule has 0 aromatic heterocycles. The molecule has 1 aliphatic heterocycles. The Morgan fingerprint density at radius 1 is 1.33 bits per heavy atom. The summed E-state index contributed by atoms with van der Waals surface area (Å²) >= 11 is 0. The van der Waals surface area contributed by atoms with E-state index in [1.807, 2.05) is 13.8 Å². The number of esters is 1. The third kappa shape index (κ3) is 6.05. The number of amides is 1. The van der Waals surface area contributed by atoms with Crippen molar-refractivity contribution in [3.8, 4) is 0 Å². The zero-order valence-electron chi connectivity index (χ0n) is 16.6. The van der Waals surface area contributed by atoms with E-state index in [1.165, 1.54) is 11.8 Å². The van der Waals surface area contributed by atoms with Crippen LogP contribution in [0.1, 0.15) is 26.3 Å². The average molecular weight is 433 g/mol. The van der Waals surface area contributed by atoms with E-state index in [0.29, 0.717) is 25.2 Å². The van der Waals surface area contributed by atoms with Gasteiger partial charge in [-0.05, 0) is 32.9 Å². The van der Waals surface area contributed by atoms with Crippen LogP contribution in [0.25, 0.3) is 0 Å². The fraction of sp³-hybridized carbons (Fsp3) is 0.556. The van der Waals surface area contributed by atoms with E-state index >= 15 is 0 Å². The standard InChI is InChI=1S/C18H22F3N3O6/c1-10-7-23(8-11(2)30-10)16(25)9-29-17(26)12(3)22-14-5-4-13(18(19,20)21)6-15(14)24(27)28/h4-6,10-12,22H,7-9H2,1-3H3/t10-,11-,12-/m0/s1. The molecule has 1 aromatic rings. The second-order valence-electron chi connectivity index (χ2n) is 7.02. The van der Waals surface area contributed by atoms with Crippen LogP contribution in [0.3, 0.4) is 0 Å². The summed E-state index contributed by atoms with van der Waals surface area (Å²) in [5.41, 5.74) is -2.30. The van der Waals surface area contributed by atoms with E-state index in [-0.39, 0.29) is 17.9 Å². The van der Waals surface area contributed by atoms with Gasteiger partial charge in [0.05, 0.1) is 22.7 Å². The monoisotopic (exact) mass is 433 g/mol. The predicted octanol–water partition coefficient (Wildman–Crippen LogP) is 2.59. The molecule has 0 aliphatic carbocycles. The topological polar surface area (TPSA) is 111 Å². The van der Waals surface area contributed by atoms with Crippen LogP contribution in [0.15, 0.2) is 18.2 Å². The summed E-state index contributed by atoms with van der Waals surface area (Å²) in [6.07, 6.45) is -5.06. The Balaban J connectivity index is 1.98. The van der Waals surface area contributed by atoms with Crippen molar-refractivity contribution >= 4 is 23.3 Å². The summed E-state index contributed by atoms with van der Waals surface area (Å²) in [7, 11) is 0. The zero-order chi connectivity index (χ0) is 22.6. The zero-order valence-corrected chi connectivity index (χ0v) is 16.6. The number of nitro groups is 1. The molecule has 12 heteroatoms. The lowest BCUT2D eigenvalue weighted by Gasteiger charge is -2.35. The second-order valence-corrected chi connectivity index (χ2v) is 7.02. The molecule has 1 aliphatic rings. The highest BCUT2D eigenvalue weighted by molar-refractivity contribution is 5.84. The maximum absolute atomic E-state index is 12.8. The molecule has 3 atom stereocenters. The van der Waals surface area contributed by atoms with E-state index in [9.17, 15) is 32.9 Å². The van der Waals surface area contributed by atoms with Gasteiger partial charge in [0.2, 0.25) is 0 Å². The van der Waals surface area contributed by atoms with Crippen LogP contribution in [-0.4, -0.2) is 59.6 Å². The number of morpholine rings is 1. The van der Waals surface area contributed by atoms with Crippen molar-refractivity contribution < 1.29 is 37.2 Å². The molecule has 0 spiro atoms. The van der Waals surface area contributed by atoms with Crippen LogP contribution in [0.4, 0.5) is 24.5 Å². The van der Waals surface area contributed by atoms with Crippen molar-refractivity contribution in [3.05, 3.63) is 33.9 Å². The van der Waals surface area contributed by atoms with Crippen LogP contribution in [0.5, 0.6) is 0 Å². The fourth-order valence-corrected chi connectivity index (χ4v) is 3.00. The summed E-state index contributed by atoms with van der Waals surface area (Å²) in [5.74, 6) is -1.30. The molecule has 1 aromatic carbocycles. The second kappa shape index (κ2) is 9.28. The number of carbonyl (C=O) groups is 2. The van der Waals surface area contributed by atoms with E-state index in [2.05, 4.69) is 5.32 Å². The summed E-state index contributed by atoms with van der Waals surface area (Å²) in [4.78, 5) is 36.0. The first kappa shape index (κ1) is 23.4. The third-order valence-electron chi connectivity index (χ3n) is 4.36. The summed E-state index contributed by atoms with van der Waals surface area (Å²) in [6.45, 7) is 5.11. The molecule has 1 amide bonds. The van der Waals surface area contributed by atoms with Crippen molar-refractivity contribution in [1.29, 1.82) is 0 Å². The van der Waals surface area contributed by atoms with Crippen LogP contribution >= 0.6 is 0 Å². The lowest BCUT2D eigenvalue weighted by Crippen LogP contribution is -2.49. The number of anilines is 1. The average Bonchev–Trinajstić information content (AvgIpc) is 2.64. The Hall–Kier alpha value is -2.89. The van der Waals surface area contributed by atoms with Crippen LogP contribution in [0.2, 0.25) is 0 Å². The first-order valence-electron chi connectivity index (χ1n) is 9.10. The van der Waals surface area contributed by atoms with Gasteiger partial charge in [-0.2, -0.15) is 13.2 Å². The molecule has 2 rings (SSSR count). The number of nitrogens with one attached hydrogen (secondary N) is 1. The maximum Gasteiger partial charge on any atom is 0.416 e. The molecule has 9 nitrogen and oxygen atoms in total. The van der Waals surface area contributed by atoms with Crippen LogP contribution in [0, 0.1) is 10.1 Å². The molecule has 1 heterocycles. The molecule has 1 fully saturated rings. The number of rotatable bonds is 6. The molecular formula is C18H22F3N3O6. The highest BCUT2D eigenvalue weighted by Gasteiger charge is 2.33. The number of nitro benzene ring substituents is 1. The van der Waals surface area contributed by atoms with Gasteiger partial charge in [0, 0.05) is 19.2 Å². The number of ether oxygens (including phenoxy) is 2. The van der Waals surface area contributed by atoms with E-state index in [0.717, 1.165) is 6.07 Å². The Bertz CT molecular complexity index is 807. The highest BCUT2D eigenvalue weighted by atomic mass is 19.4. The summed E-state index contributed by atoms with van der Waals surface area (Å²) < 4.78 is 48.8. The Kier molecular flexibility index (Phi) is 7.24. The Morgan fingerprint density at radius 2 is 1.93 bits per heavy atom. The SMILES string of the molecule is C[C@H](Nc1ccc(C(F)(F)F)cc1[N+](=O)[O-])C(=O)OCC(=O)N1C[C@H](C)O[C@@H](C)C1. The van der Waals surface area contributed by atoms with E-state index < -0.39 is 46.9 Å². The normalized spacial score (nSPS) is 20.4. The number of benzene rings is 1.